The summed E-state index contributed by atoms with van der Waals surface area (Å²) < 4.78 is 5.75. The number of rotatable bonds is 6. The van der Waals surface area contributed by atoms with Crippen LogP contribution in [-0.4, -0.2) is 37.0 Å². The molecule has 21 heavy (non-hydrogen) atoms. The van der Waals surface area contributed by atoms with Gasteiger partial charge in [0.25, 0.3) is 11.8 Å². The standard InChI is InChI=1S/C14H17BrN2O4/c1-3-16-13(19)9(2)21-12(18)8-17-14(20)10-4-6-11(15)7-5-10/h4-7,9H,3,8H2,1-2H3,(H,16,19)(H,17,20)/t9-/m1/s1. The minimum atomic E-state index is -0.887. The summed E-state index contributed by atoms with van der Waals surface area (Å²) >= 11 is 3.27. The smallest absolute Gasteiger partial charge is 0.326 e. The van der Waals surface area contributed by atoms with Crippen molar-refractivity contribution in [2.24, 2.45) is 0 Å². The third-order valence-corrected chi connectivity index (χ3v) is 3.06. The van der Waals surface area contributed by atoms with Crippen LogP contribution in [0, 0.1) is 0 Å². The lowest BCUT2D eigenvalue weighted by Crippen LogP contribution is -2.38. The summed E-state index contributed by atoms with van der Waals surface area (Å²) in [5.41, 5.74) is 0.433. The van der Waals surface area contributed by atoms with Gasteiger partial charge in [0.2, 0.25) is 0 Å². The molecule has 6 nitrogen and oxygen atoms in total. The van der Waals surface area contributed by atoms with Crippen molar-refractivity contribution < 1.29 is 19.1 Å². The molecule has 1 aromatic carbocycles. The van der Waals surface area contributed by atoms with Crippen molar-refractivity contribution in [3.8, 4) is 0 Å². The number of halogens is 1. The zero-order valence-corrected chi connectivity index (χ0v) is 13.4. The summed E-state index contributed by atoms with van der Waals surface area (Å²) in [5.74, 6) is -1.42. The van der Waals surface area contributed by atoms with Crippen molar-refractivity contribution in [1.82, 2.24) is 10.6 Å². The van der Waals surface area contributed by atoms with Gasteiger partial charge in [0.05, 0.1) is 0 Å². The Labute approximate surface area is 131 Å². The highest BCUT2D eigenvalue weighted by atomic mass is 79.9. The Morgan fingerprint density at radius 1 is 1.19 bits per heavy atom. The Morgan fingerprint density at radius 2 is 1.81 bits per heavy atom. The average molecular weight is 357 g/mol. The summed E-state index contributed by atoms with van der Waals surface area (Å²) in [6.45, 7) is 3.41. The molecule has 0 saturated heterocycles. The topological polar surface area (TPSA) is 84.5 Å². The van der Waals surface area contributed by atoms with E-state index in [9.17, 15) is 14.4 Å². The molecule has 0 fully saturated rings. The molecule has 2 amide bonds. The van der Waals surface area contributed by atoms with Crippen LogP contribution in [0.15, 0.2) is 28.7 Å². The number of benzene rings is 1. The van der Waals surface area contributed by atoms with E-state index in [4.69, 9.17) is 4.74 Å². The van der Waals surface area contributed by atoms with Gasteiger partial charge in [-0.2, -0.15) is 0 Å². The minimum absolute atomic E-state index is 0.293. The Bertz CT molecular complexity index is 516. The molecule has 0 aliphatic carbocycles. The van der Waals surface area contributed by atoms with Gasteiger partial charge in [-0.25, -0.2) is 0 Å². The maximum atomic E-state index is 11.8. The SMILES string of the molecule is CCNC(=O)[C@@H](C)OC(=O)CNC(=O)c1ccc(Br)cc1. The Hall–Kier alpha value is -1.89. The molecular formula is C14H17BrN2O4. The summed E-state index contributed by atoms with van der Waals surface area (Å²) in [6.07, 6.45) is -0.887. The van der Waals surface area contributed by atoms with E-state index >= 15 is 0 Å². The van der Waals surface area contributed by atoms with Gasteiger partial charge in [-0.1, -0.05) is 15.9 Å². The van der Waals surface area contributed by atoms with Crippen LogP contribution in [0.1, 0.15) is 24.2 Å². The van der Waals surface area contributed by atoms with Crippen LogP contribution in [0.4, 0.5) is 0 Å². The first kappa shape index (κ1) is 17.2. The molecule has 0 bridgehead atoms. The first-order valence-electron chi connectivity index (χ1n) is 6.45. The van der Waals surface area contributed by atoms with Crippen molar-refractivity contribution >= 4 is 33.7 Å². The molecule has 0 aliphatic rings. The largest absolute Gasteiger partial charge is 0.451 e. The van der Waals surface area contributed by atoms with E-state index < -0.39 is 12.1 Å². The number of hydrogen-bond acceptors (Lipinski definition) is 4. The molecule has 7 heteroatoms. The monoisotopic (exact) mass is 356 g/mol. The van der Waals surface area contributed by atoms with Gasteiger partial charge in [-0.15, -0.1) is 0 Å². The van der Waals surface area contributed by atoms with E-state index in [1.165, 1.54) is 6.92 Å². The number of likely N-dealkylation sites (N-methyl/N-ethyl adjacent to an activating group) is 1. The minimum Gasteiger partial charge on any atom is -0.451 e. The number of amides is 2. The molecule has 0 heterocycles. The van der Waals surface area contributed by atoms with Crippen LogP contribution in [0.3, 0.4) is 0 Å². The molecule has 0 saturated carbocycles. The van der Waals surface area contributed by atoms with E-state index in [2.05, 4.69) is 26.6 Å². The van der Waals surface area contributed by atoms with E-state index in [0.29, 0.717) is 12.1 Å². The van der Waals surface area contributed by atoms with E-state index in [0.717, 1.165) is 4.47 Å². The second-order valence-electron chi connectivity index (χ2n) is 4.22. The third kappa shape index (κ3) is 5.95. The molecule has 1 rings (SSSR count). The molecule has 0 aliphatic heterocycles. The molecule has 0 radical (unpaired) electrons. The van der Waals surface area contributed by atoms with Crippen LogP contribution in [0.2, 0.25) is 0 Å². The average Bonchev–Trinajstić information content (AvgIpc) is 2.45. The van der Waals surface area contributed by atoms with Gasteiger partial charge < -0.3 is 15.4 Å². The maximum absolute atomic E-state index is 11.8. The van der Waals surface area contributed by atoms with Gasteiger partial charge in [0.15, 0.2) is 6.10 Å². The Balaban J connectivity index is 2.40. The number of esters is 1. The zero-order valence-electron chi connectivity index (χ0n) is 11.8. The lowest BCUT2D eigenvalue weighted by atomic mass is 10.2. The number of carbonyl (C=O) groups is 3. The summed E-state index contributed by atoms with van der Waals surface area (Å²) in [7, 11) is 0. The third-order valence-electron chi connectivity index (χ3n) is 2.53. The van der Waals surface area contributed by atoms with E-state index in [-0.39, 0.29) is 18.4 Å². The molecular weight excluding hydrogens is 340 g/mol. The first-order chi connectivity index (χ1) is 9.93. The molecule has 0 spiro atoms. The highest BCUT2D eigenvalue weighted by molar-refractivity contribution is 9.10. The van der Waals surface area contributed by atoms with Gasteiger partial charge in [0.1, 0.15) is 6.54 Å². The van der Waals surface area contributed by atoms with Crippen molar-refractivity contribution in [3.63, 3.8) is 0 Å². The van der Waals surface area contributed by atoms with Crippen LogP contribution < -0.4 is 10.6 Å². The van der Waals surface area contributed by atoms with Crippen molar-refractivity contribution in [2.75, 3.05) is 13.1 Å². The maximum Gasteiger partial charge on any atom is 0.326 e. The summed E-state index contributed by atoms with van der Waals surface area (Å²) in [6, 6.07) is 6.71. The second-order valence-corrected chi connectivity index (χ2v) is 5.13. The molecule has 2 N–H and O–H groups in total. The summed E-state index contributed by atoms with van der Waals surface area (Å²) in [4.78, 5) is 34.7. The number of nitrogens with one attached hydrogen (secondary N) is 2. The highest BCUT2D eigenvalue weighted by Crippen LogP contribution is 2.10. The predicted molar refractivity (Wildman–Crippen MR) is 80.7 cm³/mol. The van der Waals surface area contributed by atoms with Crippen molar-refractivity contribution in [2.45, 2.75) is 20.0 Å². The molecule has 0 unspecified atom stereocenters. The van der Waals surface area contributed by atoms with E-state index in [1.807, 2.05) is 0 Å². The van der Waals surface area contributed by atoms with Crippen LogP contribution in [0.25, 0.3) is 0 Å². The molecule has 114 valence electrons. The second kappa shape index (κ2) is 8.41. The van der Waals surface area contributed by atoms with Crippen LogP contribution >= 0.6 is 15.9 Å². The van der Waals surface area contributed by atoms with Crippen LogP contribution in [-0.2, 0) is 14.3 Å². The first-order valence-corrected chi connectivity index (χ1v) is 7.24. The van der Waals surface area contributed by atoms with Crippen molar-refractivity contribution in [1.29, 1.82) is 0 Å². The number of hydrogen-bond donors (Lipinski definition) is 2. The molecule has 1 atom stereocenters. The quantitative estimate of drug-likeness (QED) is 0.751. The Kier molecular flexibility index (Phi) is 6.87. The zero-order chi connectivity index (χ0) is 15.8. The fourth-order valence-corrected chi connectivity index (χ4v) is 1.73. The molecule has 0 aromatic heterocycles. The fraction of sp³-hybridized carbons (Fsp3) is 0.357. The van der Waals surface area contributed by atoms with Gasteiger partial charge >= 0.3 is 5.97 Å². The predicted octanol–water partition coefficient (Wildman–Crippen LogP) is 1.25. The fourth-order valence-electron chi connectivity index (χ4n) is 1.47. The number of carbonyl (C=O) groups excluding carboxylic acids is 3. The number of ether oxygens (including phenoxy) is 1. The van der Waals surface area contributed by atoms with Gasteiger partial charge in [-0.3, -0.25) is 14.4 Å². The summed E-state index contributed by atoms with van der Waals surface area (Å²) in [5, 5.41) is 4.97. The van der Waals surface area contributed by atoms with E-state index in [1.54, 1.807) is 31.2 Å². The lowest BCUT2D eigenvalue weighted by Gasteiger charge is -2.13. The van der Waals surface area contributed by atoms with Gasteiger partial charge in [0, 0.05) is 16.6 Å². The van der Waals surface area contributed by atoms with Gasteiger partial charge in [-0.05, 0) is 38.1 Å². The Morgan fingerprint density at radius 3 is 2.38 bits per heavy atom. The van der Waals surface area contributed by atoms with Crippen molar-refractivity contribution in [3.05, 3.63) is 34.3 Å². The highest BCUT2D eigenvalue weighted by Gasteiger charge is 2.17. The normalized spacial score (nSPS) is 11.4. The lowest BCUT2D eigenvalue weighted by molar-refractivity contribution is -0.153. The molecule has 1 aromatic rings. The van der Waals surface area contributed by atoms with Crippen LogP contribution in [0.5, 0.6) is 0 Å².